The Morgan fingerprint density at radius 1 is 1.64 bits per heavy atom. The molecule has 5 heteroatoms. The lowest BCUT2D eigenvalue weighted by molar-refractivity contribution is 0.0477. The molecule has 1 aliphatic rings. The van der Waals surface area contributed by atoms with Crippen LogP contribution in [0.5, 0.6) is 0 Å². The SMILES string of the molecule is NNC(c1cccs1)C1CSCCO1. The van der Waals surface area contributed by atoms with Gasteiger partial charge in [-0.1, -0.05) is 6.07 Å². The van der Waals surface area contributed by atoms with Crippen molar-refractivity contribution in [2.24, 2.45) is 5.84 Å². The second-order valence-corrected chi connectivity index (χ2v) is 5.27. The minimum atomic E-state index is 0.141. The van der Waals surface area contributed by atoms with Crippen molar-refractivity contribution >= 4 is 23.1 Å². The van der Waals surface area contributed by atoms with Crippen LogP contribution in [0.4, 0.5) is 0 Å². The fourth-order valence-corrected chi connectivity index (χ4v) is 3.28. The summed E-state index contributed by atoms with van der Waals surface area (Å²) in [5.74, 6) is 7.68. The fraction of sp³-hybridized carbons (Fsp3) is 0.556. The largest absolute Gasteiger partial charge is 0.374 e. The molecule has 0 saturated carbocycles. The van der Waals surface area contributed by atoms with E-state index in [2.05, 4.69) is 16.9 Å². The Hall–Kier alpha value is -0.0700. The predicted octanol–water partition coefficient (Wildman–Crippen LogP) is 1.38. The Morgan fingerprint density at radius 3 is 3.14 bits per heavy atom. The molecule has 1 saturated heterocycles. The second kappa shape index (κ2) is 5.14. The lowest BCUT2D eigenvalue weighted by atomic mass is 10.1. The minimum absolute atomic E-state index is 0.141. The van der Waals surface area contributed by atoms with E-state index in [4.69, 9.17) is 10.6 Å². The minimum Gasteiger partial charge on any atom is -0.374 e. The Bertz CT molecular complexity index is 260. The first kappa shape index (κ1) is 10.4. The van der Waals surface area contributed by atoms with Crippen molar-refractivity contribution in [3.05, 3.63) is 22.4 Å². The van der Waals surface area contributed by atoms with Crippen LogP contribution in [0.2, 0.25) is 0 Å². The van der Waals surface area contributed by atoms with E-state index in [0.717, 1.165) is 18.1 Å². The van der Waals surface area contributed by atoms with Crippen LogP contribution in [0.25, 0.3) is 0 Å². The van der Waals surface area contributed by atoms with Gasteiger partial charge in [0.1, 0.15) is 0 Å². The van der Waals surface area contributed by atoms with Gasteiger partial charge >= 0.3 is 0 Å². The zero-order valence-corrected chi connectivity index (χ0v) is 9.44. The third-order valence-electron chi connectivity index (χ3n) is 2.24. The van der Waals surface area contributed by atoms with Crippen molar-refractivity contribution in [1.82, 2.24) is 5.43 Å². The molecule has 0 aromatic carbocycles. The predicted molar refractivity (Wildman–Crippen MR) is 61.4 cm³/mol. The summed E-state index contributed by atoms with van der Waals surface area (Å²) in [5.41, 5.74) is 2.85. The third-order valence-corrected chi connectivity index (χ3v) is 4.22. The molecule has 0 bridgehead atoms. The van der Waals surface area contributed by atoms with Crippen molar-refractivity contribution in [2.75, 3.05) is 18.1 Å². The molecule has 1 fully saturated rings. The molecular weight excluding hydrogens is 216 g/mol. The number of hydrogen-bond acceptors (Lipinski definition) is 5. The van der Waals surface area contributed by atoms with Crippen molar-refractivity contribution in [2.45, 2.75) is 12.1 Å². The molecule has 0 amide bonds. The van der Waals surface area contributed by atoms with E-state index in [-0.39, 0.29) is 12.1 Å². The van der Waals surface area contributed by atoms with Crippen LogP contribution in [0.1, 0.15) is 10.9 Å². The first-order valence-electron chi connectivity index (χ1n) is 4.60. The summed E-state index contributed by atoms with van der Waals surface area (Å²) < 4.78 is 5.70. The van der Waals surface area contributed by atoms with Gasteiger partial charge in [-0.2, -0.15) is 11.8 Å². The lowest BCUT2D eigenvalue weighted by Gasteiger charge is -2.28. The molecule has 0 aliphatic carbocycles. The summed E-state index contributed by atoms with van der Waals surface area (Å²) >= 11 is 3.65. The van der Waals surface area contributed by atoms with Crippen LogP contribution in [-0.4, -0.2) is 24.2 Å². The Balaban J connectivity index is 2.04. The van der Waals surface area contributed by atoms with E-state index in [1.165, 1.54) is 4.88 Å². The lowest BCUT2D eigenvalue weighted by Crippen LogP contribution is -2.40. The van der Waals surface area contributed by atoms with Crippen LogP contribution in [0.3, 0.4) is 0 Å². The molecule has 0 spiro atoms. The summed E-state index contributed by atoms with van der Waals surface area (Å²) in [6.45, 7) is 0.832. The average Bonchev–Trinajstić information content (AvgIpc) is 2.74. The number of ether oxygens (including phenoxy) is 1. The van der Waals surface area contributed by atoms with E-state index in [9.17, 15) is 0 Å². The highest BCUT2D eigenvalue weighted by atomic mass is 32.2. The van der Waals surface area contributed by atoms with E-state index in [0.29, 0.717) is 0 Å². The summed E-state index contributed by atoms with van der Waals surface area (Å²) in [5, 5.41) is 2.07. The van der Waals surface area contributed by atoms with E-state index >= 15 is 0 Å². The van der Waals surface area contributed by atoms with Crippen LogP contribution in [0.15, 0.2) is 17.5 Å². The maximum absolute atomic E-state index is 5.70. The molecule has 1 aromatic heterocycles. The van der Waals surface area contributed by atoms with Crippen molar-refractivity contribution < 1.29 is 4.74 Å². The third kappa shape index (κ3) is 2.29. The molecule has 3 nitrogen and oxygen atoms in total. The molecular formula is C9H14N2OS2. The van der Waals surface area contributed by atoms with Gasteiger partial charge in [0.25, 0.3) is 0 Å². The zero-order valence-electron chi connectivity index (χ0n) is 7.81. The summed E-state index contributed by atoms with van der Waals surface area (Å²) in [7, 11) is 0. The molecule has 2 atom stereocenters. The highest BCUT2D eigenvalue weighted by Crippen LogP contribution is 2.27. The molecule has 1 aliphatic heterocycles. The fourth-order valence-electron chi connectivity index (χ4n) is 1.54. The number of thiophene rings is 1. The van der Waals surface area contributed by atoms with Gasteiger partial charge in [0.05, 0.1) is 18.8 Å². The zero-order chi connectivity index (χ0) is 9.80. The average molecular weight is 230 g/mol. The molecule has 2 unspecified atom stereocenters. The number of nitrogens with two attached hydrogens (primary N) is 1. The maximum atomic E-state index is 5.70. The van der Waals surface area contributed by atoms with Gasteiger partial charge in [-0.25, -0.2) is 5.43 Å². The number of nitrogens with one attached hydrogen (secondary N) is 1. The van der Waals surface area contributed by atoms with Gasteiger partial charge < -0.3 is 4.74 Å². The topological polar surface area (TPSA) is 47.3 Å². The van der Waals surface area contributed by atoms with Gasteiger partial charge in [-0.05, 0) is 11.4 Å². The van der Waals surface area contributed by atoms with E-state index < -0.39 is 0 Å². The maximum Gasteiger partial charge on any atom is 0.0881 e. The first-order valence-corrected chi connectivity index (χ1v) is 6.64. The molecule has 14 heavy (non-hydrogen) atoms. The van der Waals surface area contributed by atoms with Crippen LogP contribution < -0.4 is 11.3 Å². The molecule has 0 radical (unpaired) electrons. The molecule has 2 heterocycles. The highest BCUT2D eigenvalue weighted by Gasteiger charge is 2.25. The Morgan fingerprint density at radius 2 is 2.57 bits per heavy atom. The van der Waals surface area contributed by atoms with Crippen LogP contribution in [-0.2, 0) is 4.74 Å². The second-order valence-electron chi connectivity index (χ2n) is 3.14. The van der Waals surface area contributed by atoms with Crippen LogP contribution in [0, 0.1) is 0 Å². The van der Waals surface area contributed by atoms with E-state index in [1.54, 1.807) is 11.3 Å². The normalized spacial score (nSPS) is 24.8. The number of rotatable bonds is 3. The van der Waals surface area contributed by atoms with E-state index in [1.807, 2.05) is 17.8 Å². The van der Waals surface area contributed by atoms with Gasteiger partial charge in [-0.3, -0.25) is 5.84 Å². The molecule has 2 rings (SSSR count). The smallest absolute Gasteiger partial charge is 0.0881 e. The highest BCUT2D eigenvalue weighted by molar-refractivity contribution is 7.99. The van der Waals surface area contributed by atoms with Crippen molar-refractivity contribution in [1.29, 1.82) is 0 Å². The molecule has 78 valence electrons. The van der Waals surface area contributed by atoms with Gasteiger partial charge in [0.15, 0.2) is 0 Å². The van der Waals surface area contributed by atoms with Crippen LogP contribution >= 0.6 is 23.1 Å². The summed E-state index contributed by atoms with van der Waals surface area (Å²) in [6, 6.07) is 4.28. The number of hydrazine groups is 1. The number of hydrogen-bond donors (Lipinski definition) is 2. The van der Waals surface area contributed by atoms with Gasteiger partial charge in [0, 0.05) is 16.4 Å². The standard InChI is InChI=1S/C9H14N2OS2/c10-11-9(8-2-1-4-14-8)7-6-13-5-3-12-7/h1-2,4,7,9,11H,3,5-6,10H2. The summed E-state index contributed by atoms with van der Waals surface area (Å²) in [4.78, 5) is 1.25. The first-order chi connectivity index (χ1) is 6.92. The quantitative estimate of drug-likeness (QED) is 0.608. The van der Waals surface area contributed by atoms with Gasteiger partial charge in [0.2, 0.25) is 0 Å². The molecule has 1 aromatic rings. The Kier molecular flexibility index (Phi) is 3.83. The summed E-state index contributed by atoms with van der Waals surface area (Å²) in [6.07, 6.45) is 0.206. The van der Waals surface area contributed by atoms with Crippen molar-refractivity contribution in [3.8, 4) is 0 Å². The molecule has 3 N–H and O–H groups in total. The monoisotopic (exact) mass is 230 g/mol. The van der Waals surface area contributed by atoms with Crippen molar-refractivity contribution in [3.63, 3.8) is 0 Å². The number of thioether (sulfide) groups is 1. The Labute approximate surface area is 92.0 Å². The van der Waals surface area contributed by atoms with Gasteiger partial charge in [-0.15, -0.1) is 11.3 Å².